The Labute approximate surface area is 172 Å². The Hall–Kier alpha value is -2.19. The minimum atomic E-state index is -0.0679. The predicted octanol–water partition coefficient (Wildman–Crippen LogP) is 4.32. The summed E-state index contributed by atoms with van der Waals surface area (Å²) in [6.07, 6.45) is 1.85. The Bertz CT molecular complexity index is 953. The van der Waals surface area contributed by atoms with Gasteiger partial charge in [0.15, 0.2) is 0 Å². The SMILES string of the molecule is CC(=O)Nc1ccc(CN2CCOC[C@H]2c2ncc(-c3ccc(Cl)s3)[nH]2)cc1. The number of thiophene rings is 1. The summed E-state index contributed by atoms with van der Waals surface area (Å²) in [5, 5.41) is 2.79. The third-order valence-corrected chi connectivity index (χ3v) is 5.91. The van der Waals surface area contributed by atoms with Gasteiger partial charge in [-0.2, -0.15) is 0 Å². The molecule has 1 fully saturated rings. The topological polar surface area (TPSA) is 70.2 Å². The second kappa shape index (κ2) is 8.45. The van der Waals surface area contributed by atoms with Crippen molar-refractivity contribution in [1.29, 1.82) is 0 Å². The minimum absolute atomic E-state index is 0.0629. The summed E-state index contributed by atoms with van der Waals surface area (Å²) in [4.78, 5) is 22.6. The highest BCUT2D eigenvalue weighted by Crippen LogP contribution is 2.32. The first kappa shape index (κ1) is 19.1. The first-order valence-corrected chi connectivity index (χ1v) is 10.3. The molecule has 0 saturated carbocycles. The lowest BCUT2D eigenvalue weighted by molar-refractivity contribution is -0.114. The lowest BCUT2D eigenvalue weighted by Crippen LogP contribution is -2.39. The van der Waals surface area contributed by atoms with Crippen molar-refractivity contribution < 1.29 is 9.53 Å². The maximum absolute atomic E-state index is 11.2. The van der Waals surface area contributed by atoms with Crippen LogP contribution in [0.5, 0.6) is 0 Å². The number of amides is 1. The molecule has 6 nitrogen and oxygen atoms in total. The third-order valence-electron chi connectivity index (χ3n) is 4.65. The molecule has 0 aliphatic carbocycles. The molecule has 1 aliphatic heterocycles. The van der Waals surface area contributed by atoms with Gasteiger partial charge < -0.3 is 15.0 Å². The van der Waals surface area contributed by atoms with Gasteiger partial charge in [-0.3, -0.25) is 9.69 Å². The van der Waals surface area contributed by atoms with Gasteiger partial charge in [0, 0.05) is 25.7 Å². The number of nitrogens with zero attached hydrogens (tertiary/aromatic N) is 2. The molecular formula is C20H21ClN4O2S. The number of anilines is 1. The number of imidazole rings is 1. The normalized spacial score (nSPS) is 17.6. The number of ether oxygens (including phenoxy) is 1. The first-order chi connectivity index (χ1) is 13.6. The van der Waals surface area contributed by atoms with E-state index in [4.69, 9.17) is 16.3 Å². The molecule has 3 heterocycles. The van der Waals surface area contributed by atoms with Gasteiger partial charge in [-0.25, -0.2) is 4.98 Å². The van der Waals surface area contributed by atoms with Crippen LogP contribution in [0.4, 0.5) is 5.69 Å². The molecule has 146 valence electrons. The average molecular weight is 417 g/mol. The number of H-pyrrole nitrogens is 1. The monoisotopic (exact) mass is 416 g/mol. The van der Waals surface area contributed by atoms with Crippen LogP contribution in [-0.2, 0) is 16.1 Å². The van der Waals surface area contributed by atoms with Crippen LogP contribution < -0.4 is 5.32 Å². The zero-order valence-electron chi connectivity index (χ0n) is 15.4. The third kappa shape index (κ3) is 4.44. The highest BCUT2D eigenvalue weighted by atomic mass is 35.5. The minimum Gasteiger partial charge on any atom is -0.378 e. The molecule has 0 spiro atoms. The fraction of sp³-hybridized carbons (Fsp3) is 0.300. The Morgan fingerprint density at radius 3 is 2.89 bits per heavy atom. The van der Waals surface area contributed by atoms with Gasteiger partial charge in [-0.1, -0.05) is 23.7 Å². The lowest BCUT2D eigenvalue weighted by atomic mass is 10.1. The number of rotatable bonds is 5. The second-order valence-electron chi connectivity index (χ2n) is 6.73. The number of hydrogen-bond acceptors (Lipinski definition) is 5. The predicted molar refractivity (Wildman–Crippen MR) is 112 cm³/mol. The van der Waals surface area contributed by atoms with Crippen molar-refractivity contribution in [3.63, 3.8) is 0 Å². The van der Waals surface area contributed by atoms with Crippen molar-refractivity contribution in [3.05, 3.63) is 58.3 Å². The van der Waals surface area contributed by atoms with Gasteiger partial charge in [0.1, 0.15) is 5.82 Å². The summed E-state index contributed by atoms with van der Waals surface area (Å²) in [5.41, 5.74) is 2.95. The van der Waals surface area contributed by atoms with Crippen molar-refractivity contribution in [3.8, 4) is 10.6 Å². The van der Waals surface area contributed by atoms with Gasteiger partial charge in [0.2, 0.25) is 5.91 Å². The van der Waals surface area contributed by atoms with E-state index >= 15 is 0 Å². The number of nitrogens with one attached hydrogen (secondary N) is 2. The number of hydrogen-bond donors (Lipinski definition) is 2. The molecule has 4 rings (SSSR count). The van der Waals surface area contributed by atoms with Gasteiger partial charge in [-0.05, 0) is 29.8 Å². The van der Waals surface area contributed by atoms with E-state index in [2.05, 4.69) is 20.2 Å². The molecule has 1 aromatic carbocycles. The van der Waals surface area contributed by atoms with Crippen LogP contribution in [0.25, 0.3) is 10.6 Å². The Morgan fingerprint density at radius 1 is 1.36 bits per heavy atom. The number of halogens is 1. The van der Waals surface area contributed by atoms with Gasteiger partial charge in [0.25, 0.3) is 0 Å². The van der Waals surface area contributed by atoms with Crippen LogP contribution in [-0.4, -0.2) is 40.5 Å². The molecule has 1 saturated heterocycles. The summed E-state index contributed by atoms with van der Waals surface area (Å²) in [7, 11) is 0. The van der Waals surface area contributed by atoms with E-state index in [0.29, 0.717) is 13.2 Å². The van der Waals surface area contributed by atoms with Gasteiger partial charge >= 0.3 is 0 Å². The largest absolute Gasteiger partial charge is 0.378 e. The summed E-state index contributed by atoms with van der Waals surface area (Å²) >= 11 is 7.58. The first-order valence-electron chi connectivity index (χ1n) is 9.07. The van der Waals surface area contributed by atoms with Gasteiger partial charge in [0.05, 0.1) is 40.4 Å². The van der Waals surface area contributed by atoms with E-state index in [1.54, 1.807) is 0 Å². The maximum Gasteiger partial charge on any atom is 0.221 e. The van der Waals surface area contributed by atoms with E-state index < -0.39 is 0 Å². The number of carbonyl (C=O) groups excluding carboxylic acids is 1. The summed E-state index contributed by atoms with van der Waals surface area (Å²) < 4.78 is 6.48. The number of carbonyl (C=O) groups is 1. The van der Waals surface area contributed by atoms with Crippen LogP contribution in [0.3, 0.4) is 0 Å². The Balaban J connectivity index is 1.49. The molecular weight excluding hydrogens is 396 g/mol. The van der Waals surface area contributed by atoms with E-state index in [0.717, 1.165) is 39.5 Å². The Morgan fingerprint density at radius 2 is 2.18 bits per heavy atom. The molecule has 0 radical (unpaired) electrons. The molecule has 1 amide bonds. The molecule has 1 aliphatic rings. The van der Waals surface area contributed by atoms with Crippen molar-refractivity contribution in [1.82, 2.24) is 14.9 Å². The standard InChI is InChI=1S/C20H21ClN4O2S/c1-13(26)23-15-4-2-14(3-5-15)11-25-8-9-27-12-17(25)20-22-10-16(24-20)18-6-7-19(21)28-18/h2-7,10,17H,8-9,11-12H2,1H3,(H,22,24)(H,23,26)/t17-/m0/s1. The number of aromatic amines is 1. The van der Waals surface area contributed by atoms with Crippen LogP contribution in [0.2, 0.25) is 4.34 Å². The maximum atomic E-state index is 11.2. The van der Waals surface area contributed by atoms with Crippen LogP contribution in [0.15, 0.2) is 42.6 Å². The quantitative estimate of drug-likeness (QED) is 0.649. The van der Waals surface area contributed by atoms with Gasteiger partial charge in [-0.15, -0.1) is 11.3 Å². The summed E-state index contributed by atoms with van der Waals surface area (Å²) in [6.45, 7) is 4.43. The van der Waals surface area contributed by atoms with E-state index in [1.807, 2.05) is 42.6 Å². The Kier molecular flexibility index (Phi) is 5.77. The number of morpholine rings is 1. The highest BCUT2D eigenvalue weighted by molar-refractivity contribution is 7.19. The van der Waals surface area contributed by atoms with E-state index in [1.165, 1.54) is 23.8 Å². The summed E-state index contributed by atoms with van der Waals surface area (Å²) in [6, 6.07) is 11.9. The molecule has 0 bridgehead atoms. The lowest BCUT2D eigenvalue weighted by Gasteiger charge is -2.34. The molecule has 28 heavy (non-hydrogen) atoms. The van der Waals surface area contributed by atoms with Crippen molar-refractivity contribution in [2.45, 2.75) is 19.5 Å². The molecule has 0 unspecified atom stereocenters. The average Bonchev–Trinajstić information content (AvgIpc) is 3.32. The van der Waals surface area contributed by atoms with Crippen LogP contribution >= 0.6 is 22.9 Å². The van der Waals surface area contributed by atoms with Crippen LogP contribution in [0.1, 0.15) is 24.4 Å². The summed E-state index contributed by atoms with van der Waals surface area (Å²) in [5.74, 6) is 0.829. The van der Waals surface area contributed by atoms with Crippen LogP contribution in [0, 0.1) is 0 Å². The molecule has 3 aromatic rings. The van der Waals surface area contributed by atoms with Crippen molar-refractivity contribution >= 4 is 34.5 Å². The zero-order valence-corrected chi connectivity index (χ0v) is 17.0. The molecule has 2 aromatic heterocycles. The van der Waals surface area contributed by atoms with Crippen molar-refractivity contribution in [2.24, 2.45) is 0 Å². The fourth-order valence-corrected chi connectivity index (χ4v) is 4.31. The number of benzene rings is 1. The van der Waals surface area contributed by atoms with E-state index in [-0.39, 0.29) is 11.9 Å². The molecule has 1 atom stereocenters. The number of aromatic nitrogens is 2. The van der Waals surface area contributed by atoms with Crippen molar-refractivity contribution in [2.75, 3.05) is 25.1 Å². The highest BCUT2D eigenvalue weighted by Gasteiger charge is 2.27. The molecule has 2 N–H and O–H groups in total. The fourth-order valence-electron chi connectivity index (χ4n) is 3.30. The second-order valence-corrected chi connectivity index (χ2v) is 8.44. The smallest absolute Gasteiger partial charge is 0.221 e. The molecule has 8 heteroatoms. The van der Waals surface area contributed by atoms with E-state index in [9.17, 15) is 4.79 Å². The zero-order chi connectivity index (χ0) is 19.5.